The van der Waals surface area contributed by atoms with Crippen molar-refractivity contribution in [1.29, 1.82) is 0 Å². The minimum Gasteiger partial charge on any atom is -0.354 e. The predicted octanol–water partition coefficient (Wildman–Crippen LogP) is 2.05. The fourth-order valence-electron chi connectivity index (χ4n) is 1.96. The molecule has 120 valence electrons. The zero-order chi connectivity index (χ0) is 16.7. The van der Waals surface area contributed by atoms with Gasteiger partial charge in [0, 0.05) is 12.1 Å². The van der Waals surface area contributed by atoms with Crippen LogP contribution in [0.4, 0.5) is 8.78 Å². The lowest BCUT2D eigenvalue weighted by molar-refractivity contribution is -0.120. The Hall–Kier alpha value is -2.76. The molecule has 0 aliphatic carbocycles. The van der Waals surface area contributed by atoms with Gasteiger partial charge in [-0.25, -0.2) is 8.78 Å². The first-order valence-corrected chi connectivity index (χ1v) is 7.10. The normalized spacial score (nSPS) is 10.2. The Morgan fingerprint density at radius 1 is 0.913 bits per heavy atom. The van der Waals surface area contributed by atoms with Crippen LogP contribution in [0.25, 0.3) is 0 Å². The molecule has 2 rings (SSSR count). The SMILES string of the molecule is O=C(CNC(=O)c1ccccc1)NCCc1ccc(F)c(F)c1. The summed E-state index contributed by atoms with van der Waals surface area (Å²) < 4.78 is 25.8. The molecule has 0 radical (unpaired) electrons. The second-order valence-corrected chi connectivity index (χ2v) is 4.90. The van der Waals surface area contributed by atoms with Crippen LogP contribution in [0.3, 0.4) is 0 Å². The predicted molar refractivity (Wildman–Crippen MR) is 81.8 cm³/mol. The van der Waals surface area contributed by atoms with Crippen molar-refractivity contribution in [2.24, 2.45) is 0 Å². The van der Waals surface area contributed by atoms with E-state index in [9.17, 15) is 18.4 Å². The molecule has 2 aromatic carbocycles. The van der Waals surface area contributed by atoms with Crippen LogP contribution < -0.4 is 10.6 Å². The van der Waals surface area contributed by atoms with Crippen molar-refractivity contribution >= 4 is 11.8 Å². The molecule has 6 heteroatoms. The largest absolute Gasteiger partial charge is 0.354 e. The number of carbonyl (C=O) groups excluding carboxylic acids is 2. The molecule has 23 heavy (non-hydrogen) atoms. The van der Waals surface area contributed by atoms with Crippen molar-refractivity contribution in [3.63, 3.8) is 0 Å². The van der Waals surface area contributed by atoms with E-state index in [1.165, 1.54) is 6.07 Å². The highest BCUT2D eigenvalue weighted by Crippen LogP contribution is 2.08. The zero-order valence-electron chi connectivity index (χ0n) is 12.3. The number of amides is 2. The molecule has 2 amide bonds. The zero-order valence-corrected chi connectivity index (χ0v) is 12.3. The third-order valence-corrected chi connectivity index (χ3v) is 3.17. The van der Waals surface area contributed by atoms with Crippen LogP contribution >= 0.6 is 0 Å². The molecule has 0 fully saturated rings. The molecule has 0 unspecified atom stereocenters. The summed E-state index contributed by atoms with van der Waals surface area (Å²) in [5, 5.41) is 5.11. The quantitative estimate of drug-likeness (QED) is 0.856. The second kappa shape index (κ2) is 8.03. The maximum absolute atomic E-state index is 13.0. The van der Waals surface area contributed by atoms with E-state index in [-0.39, 0.29) is 24.9 Å². The molecule has 0 atom stereocenters. The van der Waals surface area contributed by atoms with Crippen molar-refractivity contribution in [3.8, 4) is 0 Å². The van der Waals surface area contributed by atoms with Crippen molar-refractivity contribution in [1.82, 2.24) is 10.6 Å². The van der Waals surface area contributed by atoms with Gasteiger partial charge in [0.1, 0.15) is 0 Å². The third kappa shape index (κ3) is 5.18. The van der Waals surface area contributed by atoms with E-state index >= 15 is 0 Å². The number of rotatable bonds is 6. The number of carbonyl (C=O) groups is 2. The summed E-state index contributed by atoms with van der Waals surface area (Å²) in [6.07, 6.45) is 0.371. The van der Waals surface area contributed by atoms with Gasteiger partial charge in [-0.15, -0.1) is 0 Å². The van der Waals surface area contributed by atoms with Crippen LogP contribution in [0.2, 0.25) is 0 Å². The highest BCUT2D eigenvalue weighted by Gasteiger charge is 2.07. The summed E-state index contributed by atoms with van der Waals surface area (Å²) in [6, 6.07) is 12.2. The molecular formula is C17H16F2N2O2. The van der Waals surface area contributed by atoms with Gasteiger partial charge in [0.05, 0.1) is 6.54 Å². The van der Waals surface area contributed by atoms with Gasteiger partial charge in [-0.1, -0.05) is 24.3 Å². The Morgan fingerprint density at radius 2 is 1.65 bits per heavy atom. The average molecular weight is 318 g/mol. The first-order chi connectivity index (χ1) is 11.1. The van der Waals surface area contributed by atoms with Crippen LogP contribution in [-0.4, -0.2) is 24.9 Å². The van der Waals surface area contributed by atoms with E-state index in [4.69, 9.17) is 0 Å². The molecule has 0 aliphatic rings. The number of hydrogen-bond donors (Lipinski definition) is 2. The smallest absolute Gasteiger partial charge is 0.251 e. The lowest BCUT2D eigenvalue weighted by Crippen LogP contribution is -2.37. The topological polar surface area (TPSA) is 58.2 Å². The van der Waals surface area contributed by atoms with Crippen LogP contribution in [0, 0.1) is 11.6 Å². The van der Waals surface area contributed by atoms with Crippen molar-refractivity contribution in [2.75, 3.05) is 13.1 Å². The molecule has 0 heterocycles. The minimum atomic E-state index is -0.913. The lowest BCUT2D eigenvalue weighted by atomic mass is 10.1. The number of benzene rings is 2. The van der Waals surface area contributed by atoms with E-state index in [1.54, 1.807) is 30.3 Å². The highest BCUT2D eigenvalue weighted by atomic mass is 19.2. The molecule has 2 aromatic rings. The van der Waals surface area contributed by atoms with E-state index in [0.717, 1.165) is 12.1 Å². The summed E-state index contributed by atoms with van der Waals surface area (Å²) in [7, 11) is 0. The molecule has 0 bridgehead atoms. The number of nitrogens with one attached hydrogen (secondary N) is 2. The van der Waals surface area contributed by atoms with Gasteiger partial charge in [-0.2, -0.15) is 0 Å². The van der Waals surface area contributed by atoms with E-state index < -0.39 is 11.6 Å². The van der Waals surface area contributed by atoms with Gasteiger partial charge >= 0.3 is 0 Å². The van der Waals surface area contributed by atoms with Gasteiger partial charge in [-0.05, 0) is 36.2 Å². The van der Waals surface area contributed by atoms with Gasteiger partial charge in [-0.3, -0.25) is 9.59 Å². The Labute approximate surface area is 132 Å². The van der Waals surface area contributed by atoms with Crippen LogP contribution in [-0.2, 0) is 11.2 Å². The van der Waals surface area contributed by atoms with Gasteiger partial charge in [0.25, 0.3) is 5.91 Å². The third-order valence-electron chi connectivity index (χ3n) is 3.17. The molecule has 2 N–H and O–H groups in total. The monoisotopic (exact) mass is 318 g/mol. The van der Waals surface area contributed by atoms with Crippen molar-refractivity contribution < 1.29 is 18.4 Å². The Kier molecular flexibility index (Phi) is 5.80. The average Bonchev–Trinajstić information content (AvgIpc) is 2.56. The van der Waals surface area contributed by atoms with Gasteiger partial charge in [0.2, 0.25) is 5.91 Å². The summed E-state index contributed by atoms with van der Waals surface area (Å²) in [4.78, 5) is 23.4. The molecule has 4 nitrogen and oxygen atoms in total. The molecular weight excluding hydrogens is 302 g/mol. The van der Waals surface area contributed by atoms with Crippen LogP contribution in [0.5, 0.6) is 0 Å². The second-order valence-electron chi connectivity index (χ2n) is 4.90. The first kappa shape index (κ1) is 16.6. The number of hydrogen-bond acceptors (Lipinski definition) is 2. The Bertz CT molecular complexity index is 690. The number of halogens is 2. The Morgan fingerprint density at radius 3 is 2.35 bits per heavy atom. The van der Waals surface area contributed by atoms with Crippen LogP contribution in [0.1, 0.15) is 15.9 Å². The van der Waals surface area contributed by atoms with E-state index in [1.807, 2.05) is 0 Å². The molecule has 0 saturated heterocycles. The first-order valence-electron chi connectivity index (χ1n) is 7.10. The van der Waals surface area contributed by atoms with E-state index in [2.05, 4.69) is 10.6 Å². The fourth-order valence-corrected chi connectivity index (χ4v) is 1.96. The molecule has 0 saturated carbocycles. The molecule has 0 aliphatic heterocycles. The van der Waals surface area contributed by atoms with E-state index in [0.29, 0.717) is 17.5 Å². The molecule has 0 aromatic heterocycles. The fraction of sp³-hybridized carbons (Fsp3) is 0.176. The highest BCUT2D eigenvalue weighted by molar-refractivity contribution is 5.96. The standard InChI is InChI=1S/C17H16F2N2O2/c18-14-7-6-12(10-15(14)19)8-9-20-16(22)11-21-17(23)13-4-2-1-3-5-13/h1-7,10H,8-9,11H2,(H,20,22)(H,21,23). The van der Waals surface area contributed by atoms with Gasteiger partial charge in [0.15, 0.2) is 11.6 Å². The summed E-state index contributed by atoms with van der Waals surface area (Å²) in [5.74, 6) is -2.50. The summed E-state index contributed by atoms with van der Waals surface area (Å²) in [6.45, 7) is 0.122. The lowest BCUT2D eigenvalue weighted by Gasteiger charge is -2.07. The summed E-state index contributed by atoms with van der Waals surface area (Å²) >= 11 is 0. The maximum atomic E-state index is 13.0. The van der Waals surface area contributed by atoms with Crippen molar-refractivity contribution in [3.05, 3.63) is 71.3 Å². The van der Waals surface area contributed by atoms with Crippen molar-refractivity contribution in [2.45, 2.75) is 6.42 Å². The maximum Gasteiger partial charge on any atom is 0.251 e. The molecule has 0 spiro atoms. The summed E-state index contributed by atoms with van der Waals surface area (Å²) in [5.41, 5.74) is 1.06. The Balaban J connectivity index is 1.71. The van der Waals surface area contributed by atoms with Gasteiger partial charge < -0.3 is 10.6 Å². The minimum absolute atomic E-state index is 0.147. The van der Waals surface area contributed by atoms with Crippen LogP contribution in [0.15, 0.2) is 48.5 Å².